The quantitative estimate of drug-likeness (QED) is 0.633. The van der Waals surface area contributed by atoms with E-state index in [-0.39, 0.29) is 22.3 Å². The summed E-state index contributed by atoms with van der Waals surface area (Å²) < 4.78 is 25.3. The number of benzene rings is 3. The Morgan fingerprint density at radius 3 is 1.93 bits per heavy atom. The van der Waals surface area contributed by atoms with Crippen LogP contribution in [0.15, 0.2) is 78.9 Å². The Balaban J connectivity index is 1.94. The number of nitrogens with one attached hydrogen (secondary N) is 2. The zero-order valence-electron chi connectivity index (χ0n) is 15.1. The Morgan fingerprint density at radius 1 is 0.893 bits per heavy atom. The van der Waals surface area contributed by atoms with Crippen LogP contribution in [0.2, 0.25) is 5.02 Å². The molecule has 0 radical (unpaired) electrons. The second-order valence-corrected chi connectivity index (χ2v) is 8.45. The molecule has 0 atom stereocenters. The Labute approximate surface area is 169 Å². The fourth-order valence-electron chi connectivity index (χ4n) is 2.84. The van der Waals surface area contributed by atoms with E-state index in [0.717, 1.165) is 17.4 Å². The molecule has 2 N–H and O–H groups in total. The van der Waals surface area contributed by atoms with Gasteiger partial charge in [0, 0.05) is 5.69 Å². The first-order chi connectivity index (χ1) is 13.3. The van der Waals surface area contributed by atoms with Crippen LogP contribution in [0.1, 0.15) is 27.5 Å². The highest BCUT2D eigenvalue weighted by molar-refractivity contribution is 7.92. The highest BCUT2D eigenvalue weighted by Gasteiger charge is 2.20. The molecule has 0 heterocycles. The minimum Gasteiger partial charge on any atom is -0.341 e. The Kier molecular flexibility index (Phi) is 6.02. The number of carbonyl (C=O) groups is 1. The minimum atomic E-state index is -3.47. The number of anilines is 1. The monoisotopic (exact) mass is 414 g/mol. The summed E-state index contributed by atoms with van der Waals surface area (Å²) >= 11 is 6.20. The number of sulfonamides is 1. The number of rotatable bonds is 6. The van der Waals surface area contributed by atoms with Crippen molar-refractivity contribution in [3.63, 3.8) is 0 Å². The predicted molar refractivity (Wildman–Crippen MR) is 112 cm³/mol. The van der Waals surface area contributed by atoms with Gasteiger partial charge in [0.05, 0.1) is 22.9 Å². The molecule has 0 aliphatic rings. The predicted octanol–water partition coefficient (Wildman–Crippen LogP) is 4.23. The largest absolute Gasteiger partial charge is 0.341 e. The highest BCUT2D eigenvalue weighted by atomic mass is 35.5. The molecular weight excluding hydrogens is 396 g/mol. The molecular formula is C21H19ClN2O3S. The molecule has 0 unspecified atom stereocenters. The molecule has 0 aliphatic heterocycles. The first-order valence-corrected chi connectivity index (χ1v) is 10.8. The SMILES string of the molecule is CS(=O)(=O)Nc1ccc(Cl)c(C(=O)NC(c2ccccc2)c2ccccc2)c1. The molecule has 3 aromatic carbocycles. The van der Waals surface area contributed by atoms with E-state index in [1.807, 2.05) is 60.7 Å². The van der Waals surface area contributed by atoms with Crippen molar-refractivity contribution in [2.75, 3.05) is 11.0 Å². The number of hydrogen-bond donors (Lipinski definition) is 2. The van der Waals surface area contributed by atoms with Gasteiger partial charge in [0.15, 0.2) is 0 Å². The Morgan fingerprint density at radius 2 is 1.43 bits per heavy atom. The van der Waals surface area contributed by atoms with Crippen LogP contribution in [0.25, 0.3) is 0 Å². The molecule has 3 rings (SSSR count). The van der Waals surface area contributed by atoms with Crippen LogP contribution in [-0.2, 0) is 10.0 Å². The Bertz CT molecular complexity index is 1030. The van der Waals surface area contributed by atoms with Crippen molar-refractivity contribution in [2.45, 2.75) is 6.04 Å². The molecule has 7 heteroatoms. The molecule has 144 valence electrons. The maximum Gasteiger partial charge on any atom is 0.253 e. The lowest BCUT2D eigenvalue weighted by Gasteiger charge is -2.20. The molecule has 0 spiro atoms. The van der Waals surface area contributed by atoms with Crippen LogP contribution >= 0.6 is 11.6 Å². The second kappa shape index (κ2) is 8.46. The summed E-state index contributed by atoms with van der Waals surface area (Å²) in [5.41, 5.74) is 2.30. The van der Waals surface area contributed by atoms with Gasteiger partial charge >= 0.3 is 0 Å². The molecule has 0 bridgehead atoms. The Hall–Kier alpha value is -2.83. The van der Waals surface area contributed by atoms with Gasteiger partial charge in [0.1, 0.15) is 0 Å². The molecule has 5 nitrogen and oxygen atoms in total. The minimum absolute atomic E-state index is 0.187. The molecule has 1 amide bonds. The summed E-state index contributed by atoms with van der Waals surface area (Å²) in [6.07, 6.45) is 1.04. The van der Waals surface area contributed by atoms with Gasteiger partial charge in [-0.3, -0.25) is 9.52 Å². The topological polar surface area (TPSA) is 75.3 Å². The number of hydrogen-bond acceptors (Lipinski definition) is 3. The summed E-state index contributed by atoms with van der Waals surface area (Å²) in [5, 5.41) is 3.23. The average molecular weight is 415 g/mol. The first kappa shape index (κ1) is 19.9. The molecule has 0 saturated heterocycles. The van der Waals surface area contributed by atoms with E-state index in [1.54, 1.807) is 0 Å². The lowest BCUT2D eigenvalue weighted by molar-refractivity contribution is 0.0943. The second-order valence-electron chi connectivity index (χ2n) is 6.30. The van der Waals surface area contributed by atoms with Crippen molar-refractivity contribution < 1.29 is 13.2 Å². The van der Waals surface area contributed by atoms with Crippen LogP contribution in [0.4, 0.5) is 5.69 Å². The molecule has 28 heavy (non-hydrogen) atoms. The third kappa shape index (κ3) is 5.12. The smallest absolute Gasteiger partial charge is 0.253 e. The fourth-order valence-corrected chi connectivity index (χ4v) is 3.59. The average Bonchev–Trinajstić information content (AvgIpc) is 2.67. The summed E-state index contributed by atoms with van der Waals surface area (Å²) in [5.74, 6) is -0.403. The maximum absolute atomic E-state index is 13.0. The van der Waals surface area contributed by atoms with Gasteiger partial charge in [-0.1, -0.05) is 72.3 Å². The van der Waals surface area contributed by atoms with Crippen LogP contribution in [0.5, 0.6) is 0 Å². The van der Waals surface area contributed by atoms with E-state index in [4.69, 9.17) is 11.6 Å². The van der Waals surface area contributed by atoms with Crippen LogP contribution in [0.3, 0.4) is 0 Å². The molecule has 3 aromatic rings. The van der Waals surface area contributed by atoms with Gasteiger partial charge in [0.25, 0.3) is 5.91 Å². The summed E-state index contributed by atoms with van der Waals surface area (Å²) in [4.78, 5) is 13.0. The van der Waals surface area contributed by atoms with E-state index in [0.29, 0.717) is 0 Å². The van der Waals surface area contributed by atoms with Crippen molar-refractivity contribution >= 4 is 33.2 Å². The van der Waals surface area contributed by atoms with Crippen LogP contribution in [0, 0.1) is 0 Å². The number of halogens is 1. The number of amides is 1. The standard InChI is InChI=1S/C21H19ClN2O3S/c1-28(26,27)24-17-12-13-19(22)18(14-17)21(25)23-20(15-8-4-2-5-9-15)16-10-6-3-7-11-16/h2-14,20,24H,1H3,(H,23,25). The van der Waals surface area contributed by atoms with E-state index in [2.05, 4.69) is 10.0 Å². The molecule has 0 saturated carbocycles. The van der Waals surface area contributed by atoms with Gasteiger partial charge in [0.2, 0.25) is 10.0 Å². The van der Waals surface area contributed by atoms with Gasteiger partial charge in [-0.05, 0) is 29.3 Å². The fraction of sp³-hybridized carbons (Fsp3) is 0.0952. The van der Waals surface area contributed by atoms with Crippen molar-refractivity contribution in [2.24, 2.45) is 0 Å². The molecule has 0 fully saturated rings. The molecule has 0 aromatic heterocycles. The maximum atomic E-state index is 13.0. The van der Waals surface area contributed by atoms with E-state index >= 15 is 0 Å². The highest BCUT2D eigenvalue weighted by Crippen LogP contribution is 2.25. The molecule has 0 aliphatic carbocycles. The lowest BCUT2D eigenvalue weighted by atomic mass is 9.98. The van der Waals surface area contributed by atoms with E-state index in [9.17, 15) is 13.2 Å². The first-order valence-electron chi connectivity index (χ1n) is 8.51. The zero-order valence-corrected chi connectivity index (χ0v) is 16.7. The summed E-state index contributed by atoms with van der Waals surface area (Å²) in [7, 11) is -3.47. The summed E-state index contributed by atoms with van der Waals surface area (Å²) in [6, 6.07) is 23.2. The van der Waals surface area contributed by atoms with Crippen molar-refractivity contribution in [1.29, 1.82) is 0 Å². The van der Waals surface area contributed by atoms with Gasteiger partial charge in [-0.25, -0.2) is 8.42 Å². The van der Waals surface area contributed by atoms with Gasteiger partial charge < -0.3 is 5.32 Å². The van der Waals surface area contributed by atoms with Crippen molar-refractivity contribution in [3.8, 4) is 0 Å². The lowest BCUT2D eigenvalue weighted by Crippen LogP contribution is -2.29. The van der Waals surface area contributed by atoms with E-state index in [1.165, 1.54) is 18.2 Å². The third-order valence-corrected chi connectivity index (χ3v) is 4.99. The van der Waals surface area contributed by atoms with Gasteiger partial charge in [-0.15, -0.1) is 0 Å². The van der Waals surface area contributed by atoms with Crippen molar-refractivity contribution in [1.82, 2.24) is 5.32 Å². The third-order valence-electron chi connectivity index (χ3n) is 4.06. The number of carbonyl (C=O) groups excluding carboxylic acids is 1. The van der Waals surface area contributed by atoms with Crippen LogP contribution in [-0.4, -0.2) is 20.6 Å². The van der Waals surface area contributed by atoms with E-state index < -0.39 is 15.9 Å². The zero-order chi connectivity index (χ0) is 20.1. The van der Waals surface area contributed by atoms with Gasteiger partial charge in [-0.2, -0.15) is 0 Å². The van der Waals surface area contributed by atoms with Crippen molar-refractivity contribution in [3.05, 3.63) is 101 Å². The summed E-state index contributed by atoms with van der Waals surface area (Å²) in [6.45, 7) is 0. The van der Waals surface area contributed by atoms with Crippen LogP contribution < -0.4 is 10.0 Å². The normalized spacial score (nSPS) is 11.2.